The maximum Gasteiger partial charge on any atom is 0.264 e. The van der Waals surface area contributed by atoms with Gasteiger partial charge in [0, 0.05) is 19.4 Å². The van der Waals surface area contributed by atoms with Crippen LogP contribution in [0.1, 0.15) is 28.9 Å². The van der Waals surface area contributed by atoms with Crippen molar-refractivity contribution in [2.24, 2.45) is 0 Å². The second-order valence-corrected chi connectivity index (χ2v) is 8.95. The molecule has 3 rings (SSSR count). The molecule has 1 unspecified atom stereocenters. The Morgan fingerprint density at radius 1 is 1.17 bits per heavy atom. The van der Waals surface area contributed by atoms with Gasteiger partial charge in [0.1, 0.15) is 5.82 Å². The first kappa shape index (κ1) is 21.7. The quantitative estimate of drug-likeness (QED) is 0.614. The van der Waals surface area contributed by atoms with Crippen molar-refractivity contribution in [3.8, 4) is 0 Å². The van der Waals surface area contributed by atoms with Crippen molar-refractivity contribution in [1.29, 1.82) is 0 Å². The maximum absolute atomic E-state index is 13.2. The average molecular weight is 448 g/mol. The van der Waals surface area contributed by atoms with Crippen LogP contribution in [0.25, 0.3) is 0 Å². The minimum absolute atomic E-state index is 0.0287. The number of pyridine rings is 1. The predicted octanol–water partition coefficient (Wildman–Crippen LogP) is 4.19. The zero-order chi connectivity index (χ0) is 21.9. The molecule has 30 heavy (non-hydrogen) atoms. The second-order valence-electron chi connectivity index (χ2n) is 6.57. The van der Waals surface area contributed by atoms with Crippen LogP contribution in [0.5, 0.6) is 0 Å². The molecule has 0 fully saturated rings. The third-order valence-electron chi connectivity index (χ3n) is 4.56. The highest BCUT2D eigenvalue weighted by molar-refractivity contribution is 7.92. The number of anilines is 1. The highest BCUT2D eigenvalue weighted by Crippen LogP contribution is 2.26. The molecular weight excluding hydrogens is 429 g/mol. The molecular formula is C21H19ClFN3O3S. The zero-order valence-electron chi connectivity index (χ0n) is 16.2. The van der Waals surface area contributed by atoms with Crippen molar-refractivity contribution < 1.29 is 17.6 Å². The van der Waals surface area contributed by atoms with Gasteiger partial charge in [-0.15, -0.1) is 0 Å². The van der Waals surface area contributed by atoms with Gasteiger partial charge < -0.3 is 5.32 Å². The minimum Gasteiger partial charge on any atom is -0.345 e. The molecule has 1 atom stereocenters. The Morgan fingerprint density at radius 3 is 2.50 bits per heavy atom. The molecule has 0 bridgehead atoms. The number of aromatic nitrogens is 1. The van der Waals surface area contributed by atoms with Crippen LogP contribution >= 0.6 is 11.6 Å². The first-order chi connectivity index (χ1) is 14.2. The molecule has 0 aliphatic heterocycles. The van der Waals surface area contributed by atoms with Crippen LogP contribution in [0, 0.1) is 5.82 Å². The molecule has 0 saturated heterocycles. The van der Waals surface area contributed by atoms with Crippen molar-refractivity contribution >= 4 is 33.2 Å². The van der Waals surface area contributed by atoms with Crippen LogP contribution in [-0.2, 0) is 10.0 Å². The largest absolute Gasteiger partial charge is 0.345 e. The number of benzene rings is 2. The van der Waals surface area contributed by atoms with E-state index in [4.69, 9.17) is 11.6 Å². The van der Waals surface area contributed by atoms with Crippen molar-refractivity contribution in [1.82, 2.24) is 10.3 Å². The van der Waals surface area contributed by atoms with Crippen molar-refractivity contribution in [3.05, 3.63) is 89.0 Å². The summed E-state index contributed by atoms with van der Waals surface area (Å²) in [7, 11) is -2.65. The number of hydrogen-bond acceptors (Lipinski definition) is 4. The lowest BCUT2D eigenvalue weighted by Crippen LogP contribution is -2.29. The Bertz CT molecular complexity index is 1160. The average Bonchev–Trinajstić information content (AvgIpc) is 2.74. The summed E-state index contributed by atoms with van der Waals surface area (Å²) >= 11 is 6.16. The molecule has 0 saturated carbocycles. The zero-order valence-corrected chi connectivity index (χ0v) is 17.8. The van der Waals surface area contributed by atoms with Crippen LogP contribution < -0.4 is 9.62 Å². The van der Waals surface area contributed by atoms with Crippen molar-refractivity contribution in [3.63, 3.8) is 0 Å². The summed E-state index contributed by atoms with van der Waals surface area (Å²) in [5.41, 5.74) is 1.10. The van der Waals surface area contributed by atoms with Crippen LogP contribution in [0.2, 0.25) is 5.02 Å². The number of amides is 1. The van der Waals surface area contributed by atoms with Crippen LogP contribution in [-0.4, -0.2) is 26.4 Å². The summed E-state index contributed by atoms with van der Waals surface area (Å²) < 4.78 is 40.2. The molecule has 0 radical (unpaired) electrons. The van der Waals surface area contributed by atoms with E-state index in [9.17, 15) is 17.6 Å². The van der Waals surface area contributed by atoms with E-state index in [0.717, 1.165) is 9.87 Å². The molecule has 1 aromatic heterocycles. The van der Waals surface area contributed by atoms with Gasteiger partial charge >= 0.3 is 0 Å². The summed E-state index contributed by atoms with van der Waals surface area (Å²) in [6.07, 6.45) is 3.26. The molecule has 0 aliphatic rings. The van der Waals surface area contributed by atoms with E-state index >= 15 is 0 Å². The van der Waals surface area contributed by atoms with E-state index in [2.05, 4.69) is 10.3 Å². The fourth-order valence-electron chi connectivity index (χ4n) is 2.78. The van der Waals surface area contributed by atoms with Gasteiger partial charge in [-0.1, -0.05) is 17.7 Å². The number of carbonyl (C=O) groups is 1. The summed E-state index contributed by atoms with van der Waals surface area (Å²) in [4.78, 5) is 16.6. The van der Waals surface area contributed by atoms with Crippen LogP contribution in [0.4, 0.5) is 10.1 Å². The summed E-state index contributed by atoms with van der Waals surface area (Å²) in [6, 6.07) is 12.2. The lowest BCUT2D eigenvalue weighted by molar-refractivity contribution is 0.0939. The molecule has 156 valence electrons. The Kier molecular flexibility index (Phi) is 6.38. The highest BCUT2D eigenvalue weighted by atomic mass is 35.5. The van der Waals surface area contributed by atoms with Gasteiger partial charge in [-0.2, -0.15) is 0 Å². The smallest absolute Gasteiger partial charge is 0.264 e. The highest BCUT2D eigenvalue weighted by Gasteiger charge is 2.24. The molecule has 2 aromatic carbocycles. The monoisotopic (exact) mass is 447 g/mol. The Balaban J connectivity index is 1.88. The van der Waals surface area contributed by atoms with Gasteiger partial charge in [0.2, 0.25) is 0 Å². The van der Waals surface area contributed by atoms with Crippen LogP contribution in [0.15, 0.2) is 71.9 Å². The van der Waals surface area contributed by atoms with Gasteiger partial charge in [0.25, 0.3) is 15.9 Å². The number of carbonyl (C=O) groups excluding carboxylic acids is 1. The van der Waals surface area contributed by atoms with Gasteiger partial charge in [-0.25, -0.2) is 12.8 Å². The van der Waals surface area contributed by atoms with Crippen LogP contribution in [0.3, 0.4) is 0 Å². The van der Waals surface area contributed by atoms with E-state index in [1.54, 1.807) is 25.4 Å². The summed E-state index contributed by atoms with van der Waals surface area (Å²) in [5, 5.41) is 2.91. The van der Waals surface area contributed by atoms with E-state index in [0.29, 0.717) is 0 Å². The molecule has 1 amide bonds. The number of sulfonamides is 1. The molecule has 6 nitrogen and oxygen atoms in total. The van der Waals surface area contributed by atoms with Crippen molar-refractivity contribution in [2.45, 2.75) is 17.9 Å². The number of hydrogen-bond donors (Lipinski definition) is 1. The Hall–Kier alpha value is -2.97. The lowest BCUT2D eigenvalue weighted by atomic mass is 10.1. The minimum atomic E-state index is -4.00. The fourth-order valence-corrected chi connectivity index (χ4v) is 4.20. The number of nitrogens with zero attached hydrogens (tertiary/aromatic N) is 2. The van der Waals surface area contributed by atoms with Gasteiger partial charge in [0.05, 0.1) is 27.2 Å². The Morgan fingerprint density at radius 2 is 1.87 bits per heavy atom. The lowest BCUT2D eigenvalue weighted by Gasteiger charge is -2.20. The maximum atomic E-state index is 13.2. The topological polar surface area (TPSA) is 79.4 Å². The second kappa shape index (κ2) is 8.81. The molecule has 0 spiro atoms. The third-order valence-corrected chi connectivity index (χ3v) is 6.67. The van der Waals surface area contributed by atoms with Crippen molar-refractivity contribution in [2.75, 3.05) is 11.4 Å². The number of rotatable bonds is 6. The van der Waals surface area contributed by atoms with Gasteiger partial charge in [-0.05, 0) is 61.0 Å². The van der Waals surface area contributed by atoms with E-state index in [-0.39, 0.29) is 27.2 Å². The molecule has 0 aliphatic carbocycles. The van der Waals surface area contributed by atoms with Gasteiger partial charge in [-0.3, -0.25) is 14.1 Å². The predicted molar refractivity (Wildman–Crippen MR) is 114 cm³/mol. The van der Waals surface area contributed by atoms with E-state index < -0.39 is 21.7 Å². The molecule has 1 heterocycles. The summed E-state index contributed by atoms with van der Waals surface area (Å²) in [5.74, 6) is -0.990. The van der Waals surface area contributed by atoms with E-state index in [1.807, 2.05) is 6.07 Å². The number of halogens is 2. The first-order valence-electron chi connectivity index (χ1n) is 8.95. The molecule has 1 N–H and O–H groups in total. The molecule has 9 heteroatoms. The van der Waals surface area contributed by atoms with Gasteiger partial charge in [0.15, 0.2) is 0 Å². The first-order valence-corrected chi connectivity index (χ1v) is 10.8. The number of nitrogens with one attached hydrogen (secondary N) is 1. The van der Waals surface area contributed by atoms with E-state index in [1.165, 1.54) is 49.5 Å². The standard InChI is InChI=1S/C21H19ClFN3O3S/c1-14(15-4-3-11-24-13-15)25-21(27)19-12-18(9-10-20(19)22)30(28,29)26(2)17-7-5-16(23)6-8-17/h3-14H,1-2H3,(H,25,27). The summed E-state index contributed by atoms with van der Waals surface area (Å²) in [6.45, 7) is 1.78. The molecule has 3 aromatic rings. The SMILES string of the molecule is CC(NC(=O)c1cc(S(=O)(=O)N(C)c2ccc(F)cc2)ccc1Cl)c1cccnc1. The Labute approximate surface area is 179 Å². The third kappa shape index (κ3) is 4.60. The fraction of sp³-hybridized carbons (Fsp3) is 0.143. The normalized spacial score (nSPS) is 12.3.